The second-order valence-corrected chi connectivity index (χ2v) is 6.95. The van der Waals surface area contributed by atoms with Gasteiger partial charge in [-0.25, -0.2) is 10.9 Å². The third kappa shape index (κ3) is 1.44. The summed E-state index contributed by atoms with van der Waals surface area (Å²) in [5.74, 6) is 9.49. The van der Waals surface area contributed by atoms with Crippen molar-refractivity contribution in [2.45, 2.75) is 37.8 Å². The molecular formula is C15H22N2O2. The molecule has 4 saturated carbocycles. The topological polar surface area (TPSA) is 55.6 Å². The zero-order valence-electron chi connectivity index (χ0n) is 11.4. The number of nitrogens with zero attached hydrogens (tertiary/aromatic N) is 1. The van der Waals surface area contributed by atoms with E-state index in [-0.39, 0.29) is 5.91 Å². The van der Waals surface area contributed by atoms with Crippen LogP contribution < -0.4 is 5.84 Å². The minimum absolute atomic E-state index is 0.129. The van der Waals surface area contributed by atoms with E-state index in [1.807, 2.05) is 6.08 Å². The van der Waals surface area contributed by atoms with E-state index in [2.05, 4.69) is 0 Å². The van der Waals surface area contributed by atoms with E-state index >= 15 is 0 Å². The van der Waals surface area contributed by atoms with Gasteiger partial charge in [0.1, 0.15) is 0 Å². The molecule has 1 atom stereocenters. The van der Waals surface area contributed by atoms with E-state index in [0.29, 0.717) is 17.8 Å². The summed E-state index contributed by atoms with van der Waals surface area (Å²) in [6.45, 7) is 0. The third-order valence-electron chi connectivity index (χ3n) is 6.11. The summed E-state index contributed by atoms with van der Waals surface area (Å²) in [6, 6.07) is 0. The fourth-order valence-electron chi connectivity index (χ4n) is 5.70. The van der Waals surface area contributed by atoms with Gasteiger partial charge in [0, 0.05) is 19.1 Å². The Hall–Kier alpha value is -0.870. The van der Waals surface area contributed by atoms with E-state index < -0.39 is 5.72 Å². The van der Waals surface area contributed by atoms with E-state index in [4.69, 9.17) is 10.6 Å². The van der Waals surface area contributed by atoms with Gasteiger partial charge in [0.25, 0.3) is 5.91 Å². The number of hydrogen-bond donors (Lipinski definition) is 1. The van der Waals surface area contributed by atoms with E-state index in [9.17, 15) is 4.79 Å². The van der Waals surface area contributed by atoms with E-state index in [1.165, 1.54) is 37.1 Å². The molecule has 5 aliphatic rings. The molecule has 1 amide bonds. The van der Waals surface area contributed by atoms with Gasteiger partial charge in [-0.05, 0) is 61.9 Å². The maximum atomic E-state index is 11.8. The van der Waals surface area contributed by atoms with Crippen LogP contribution in [0.2, 0.25) is 0 Å². The summed E-state index contributed by atoms with van der Waals surface area (Å²) in [5.41, 5.74) is -0.681. The fourth-order valence-corrected chi connectivity index (χ4v) is 5.70. The number of ether oxygens (including phenoxy) is 1. The van der Waals surface area contributed by atoms with Gasteiger partial charge in [0.05, 0.1) is 0 Å². The van der Waals surface area contributed by atoms with Crippen LogP contribution in [0.5, 0.6) is 0 Å². The molecule has 4 nitrogen and oxygen atoms in total. The van der Waals surface area contributed by atoms with Crippen molar-refractivity contribution < 1.29 is 9.53 Å². The Morgan fingerprint density at radius 3 is 2.21 bits per heavy atom. The second-order valence-electron chi connectivity index (χ2n) is 6.95. The Kier molecular flexibility index (Phi) is 2.40. The maximum absolute atomic E-state index is 11.8. The molecule has 0 aromatic carbocycles. The zero-order valence-corrected chi connectivity index (χ0v) is 11.4. The van der Waals surface area contributed by atoms with Gasteiger partial charge in [0.2, 0.25) is 0 Å². The highest BCUT2D eigenvalue weighted by atomic mass is 16.5. The first kappa shape index (κ1) is 11.9. The van der Waals surface area contributed by atoms with Crippen LogP contribution in [-0.4, -0.2) is 23.8 Å². The summed E-state index contributed by atoms with van der Waals surface area (Å²) >= 11 is 0. The Morgan fingerprint density at radius 2 is 1.79 bits per heavy atom. The van der Waals surface area contributed by atoms with Crippen LogP contribution in [0.15, 0.2) is 12.2 Å². The molecule has 4 fully saturated rings. The Labute approximate surface area is 113 Å². The van der Waals surface area contributed by atoms with Crippen LogP contribution in [-0.2, 0) is 9.53 Å². The molecule has 104 valence electrons. The predicted molar refractivity (Wildman–Crippen MR) is 70.4 cm³/mol. The highest BCUT2D eigenvalue weighted by Gasteiger charge is 2.59. The number of nitrogens with two attached hydrogens (primary N) is 1. The SMILES string of the molecule is COC1(C2C3CC4CC(C3)CC2C4)C=CC(=O)N1N. The normalized spacial score (nSPS) is 51.4. The van der Waals surface area contributed by atoms with Crippen molar-refractivity contribution in [1.82, 2.24) is 5.01 Å². The summed E-state index contributed by atoms with van der Waals surface area (Å²) in [5, 5.41) is 1.33. The van der Waals surface area contributed by atoms with Crippen molar-refractivity contribution in [2.24, 2.45) is 35.4 Å². The number of amides is 1. The lowest BCUT2D eigenvalue weighted by Crippen LogP contribution is -2.63. The van der Waals surface area contributed by atoms with Crippen molar-refractivity contribution in [1.29, 1.82) is 0 Å². The number of carbonyl (C=O) groups is 1. The molecule has 5 rings (SSSR count). The predicted octanol–water partition coefficient (Wildman–Crippen LogP) is 1.67. The van der Waals surface area contributed by atoms with Gasteiger partial charge >= 0.3 is 0 Å². The van der Waals surface area contributed by atoms with Crippen molar-refractivity contribution in [3.63, 3.8) is 0 Å². The van der Waals surface area contributed by atoms with Gasteiger partial charge in [-0.2, -0.15) is 0 Å². The lowest BCUT2D eigenvalue weighted by molar-refractivity contribution is -0.200. The van der Waals surface area contributed by atoms with Gasteiger partial charge in [-0.1, -0.05) is 0 Å². The first-order valence-electron chi connectivity index (χ1n) is 7.47. The lowest BCUT2D eigenvalue weighted by atomic mass is 9.50. The van der Waals surface area contributed by atoms with Crippen molar-refractivity contribution >= 4 is 5.91 Å². The summed E-state index contributed by atoms with van der Waals surface area (Å²) in [6.07, 6.45) is 10.1. The molecule has 2 N–H and O–H groups in total. The molecule has 0 radical (unpaired) electrons. The molecule has 4 aliphatic carbocycles. The summed E-state index contributed by atoms with van der Waals surface area (Å²) in [7, 11) is 1.69. The molecule has 0 aromatic heterocycles. The molecule has 1 heterocycles. The van der Waals surface area contributed by atoms with Crippen molar-refractivity contribution in [3.8, 4) is 0 Å². The lowest BCUT2D eigenvalue weighted by Gasteiger charge is -2.59. The molecule has 4 heteroatoms. The molecule has 0 saturated heterocycles. The van der Waals surface area contributed by atoms with Crippen LogP contribution >= 0.6 is 0 Å². The highest BCUT2D eigenvalue weighted by molar-refractivity contribution is 5.90. The minimum Gasteiger partial charge on any atom is -0.353 e. The number of hydrazine groups is 1. The van der Waals surface area contributed by atoms with Gasteiger partial charge in [-0.3, -0.25) is 4.79 Å². The molecule has 1 aliphatic heterocycles. The Balaban J connectivity index is 1.71. The zero-order chi connectivity index (χ0) is 13.2. The smallest absolute Gasteiger partial charge is 0.263 e. The average Bonchev–Trinajstić information content (AvgIpc) is 2.67. The first-order chi connectivity index (χ1) is 9.14. The summed E-state index contributed by atoms with van der Waals surface area (Å²) < 4.78 is 5.80. The monoisotopic (exact) mass is 262 g/mol. The van der Waals surface area contributed by atoms with Crippen LogP contribution in [0.3, 0.4) is 0 Å². The number of methoxy groups -OCH3 is 1. The van der Waals surface area contributed by atoms with E-state index in [0.717, 1.165) is 11.8 Å². The minimum atomic E-state index is -0.681. The second kappa shape index (κ2) is 3.83. The number of carbonyl (C=O) groups excluding carboxylic acids is 1. The van der Waals surface area contributed by atoms with Crippen LogP contribution in [0.4, 0.5) is 0 Å². The van der Waals surface area contributed by atoms with Gasteiger partial charge < -0.3 is 4.74 Å². The van der Waals surface area contributed by atoms with Gasteiger partial charge in [0.15, 0.2) is 5.72 Å². The number of hydrogen-bond acceptors (Lipinski definition) is 3. The molecule has 4 bridgehead atoms. The van der Waals surface area contributed by atoms with Crippen LogP contribution in [0.25, 0.3) is 0 Å². The standard InChI is InChI=1S/C15H22N2O2/c1-19-15(3-2-13(18)17(15)16)14-11-5-9-4-10(7-11)8-12(14)6-9/h2-3,9-12,14H,4-8,16H2,1H3. The molecule has 0 aromatic rings. The van der Waals surface area contributed by atoms with E-state index in [1.54, 1.807) is 13.2 Å². The largest absolute Gasteiger partial charge is 0.353 e. The maximum Gasteiger partial charge on any atom is 0.263 e. The molecular weight excluding hydrogens is 240 g/mol. The molecule has 19 heavy (non-hydrogen) atoms. The van der Waals surface area contributed by atoms with Crippen LogP contribution in [0, 0.1) is 29.6 Å². The number of rotatable bonds is 2. The Morgan fingerprint density at radius 1 is 1.21 bits per heavy atom. The van der Waals surface area contributed by atoms with Crippen molar-refractivity contribution in [3.05, 3.63) is 12.2 Å². The van der Waals surface area contributed by atoms with Crippen LogP contribution in [0.1, 0.15) is 32.1 Å². The summed E-state index contributed by atoms with van der Waals surface area (Å²) in [4.78, 5) is 11.8. The molecule has 1 unspecified atom stereocenters. The first-order valence-corrected chi connectivity index (χ1v) is 7.47. The molecule has 0 spiro atoms. The Bertz CT molecular complexity index is 419. The average molecular weight is 262 g/mol. The highest BCUT2D eigenvalue weighted by Crippen LogP contribution is 2.60. The third-order valence-corrected chi connectivity index (χ3v) is 6.11. The fraction of sp³-hybridized carbons (Fsp3) is 0.800. The quantitative estimate of drug-likeness (QED) is 0.608. The van der Waals surface area contributed by atoms with Gasteiger partial charge in [-0.15, -0.1) is 0 Å². The van der Waals surface area contributed by atoms with Crippen molar-refractivity contribution in [2.75, 3.05) is 7.11 Å².